The van der Waals surface area contributed by atoms with E-state index in [2.05, 4.69) is 4.74 Å². The molecule has 1 aromatic rings. The van der Waals surface area contributed by atoms with Gasteiger partial charge in [-0.25, -0.2) is 8.78 Å². The molecule has 16 heavy (non-hydrogen) atoms. The topological polar surface area (TPSA) is 9.23 Å². The zero-order valence-electron chi connectivity index (χ0n) is 8.31. The van der Waals surface area contributed by atoms with E-state index in [9.17, 15) is 17.6 Å². The Morgan fingerprint density at radius 3 is 2.50 bits per heavy atom. The molecule has 1 aromatic carbocycles. The molecule has 0 heterocycles. The maximum absolute atomic E-state index is 12.6. The van der Waals surface area contributed by atoms with Gasteiger partial charge < -0.3 is 4.74 Å². The Balaban J connectivity index is 2.68. The molecule has 90 valence electrons. The van der Waals surface area contributed by atoms with E-state index < -0.39 is 19.0 Å². The van der Waals surface area contributed by atoms with Gasteiger partial charge in [0.25, 0.3) is 0 Å². The van der Waals surface area contributed by atoms with Crippen LogP contribution in [-0.2, 0) is 0 Å². The van der Waals surface area contributed by atoms with Gasteiger partial charge in [-0.15, -0.1) is 0 Å². The molecule has 0 spiro atoms. The van der Waals surface area contributed by atoms with E-state index in [0.717, 1.165) is 5.56 Å². The second-order valence-electron chi connectivity index (χ2n) is 3.28. The Kier molecular flexibility index (Phi) is 4.40. The van der Waals surface area contributed by atoms with E-state index in [-0.39, 0.29) is 5.75 Å². The first kappa shape index (κ1) is 13.5. The van der Waals surface area contributed by atoms with E-state index >= 15 is 0 Å². The number of ether oxygens (including phenoxy) is 1. The molecule has 1 nitrogen and oxygen atoms in total. The molecule has 0 saturated heterocycles. The molecular formula is C10H9F4IO. The first-order valence-corrected chi connectivity index (χ1v) is 5.46. The molecule has 0 unspecified atom stereocenters. The third kappa shape index (κ3) is 3.50. The molecule has 1 rings (SSSR count). The van der Waals surface area contributed by atoms with Crippen LogP contribution in [0.25, 0.3) is 0 Å². The highest BCUT2D eigenvalue weighted by Crippen LogP contribution is 2.27. The van der Waals surface area contributed by atoms with Crippen LogP contribution >= 0.6 is 22.6 Å². The molecule has 0 saturated carbocycles. The molecule has 0 N–H and O–H groups in total. The number of aryl methyl sites for hydroxylation is 1. The zero-order valence-corrected chi connectivity index (χ0v) is 10.5. The van der Waals surface area contributed by atoms with Crippen LogP contribution in [0.4, 0.5) is 17.6 Å². The van der Waals surface area contributed by atoms with Crippen LogP contribution in [0.3, 0.4) is 0 Å². The standard InChI is InChI=1S/C10H9F4IO/c1-6-2-3-8(7(15)4-6)16-5-10(13,14)9(11)12/h2-4,9H,5H2,1H3. The highest BCUT2D eigenvalue weighted by atomic mass is 127. The molecule has 0 atom stereocenters. The number of hydrogen-bond acceptors (Lipinski definition) is 1. The number of alkyl halides is 4. The smallest absolute Gasteiger partial charge is 0.340 e. The van der Waals surface area contributed by atoms with Crippen LogP contribution in [-0.4, -0.2) is 19.0 Å². The number of halogens is 5. The van der Waals surface area contributed by atoms with Crippen LogP contribution in [0.2, 0.25) is 0 Å². The van der Waals surface area contributed by atoms with Crippen LogP contribution in [0.1, 0.15) is 5.56 Å². The lowest BCUT2D eigenvalue weighted by Gasteiger charge is -2.16. The van der Waals surface area contributed by atoms with Gasteiger partial charge in [0.1, 0.15) is 5.75 Å². The van der Waals surface area contributed by atoms with Crippen molar-refractivity contribution in [2.24, 2.45) is 0 Å². The minimum atomic E-state index is -4.12. The summed E-state index contributed by atoms with van der Waals surface area (Å²) < 4.78 is 54.1. The lowest BCUT2D eigenvalue weighted by Crippen LogP contribution is -2.33. The first-order valence-electron chi connectivity index (χ1n) is 4.38. The average molecular weight is 348 g/mol. The van der Waals surface area contributed by atoms with Crippen molar-refractivity contribution in [1.82, 2.24) is 0 Å². The minimum absolute atomic E-state index is 0.187. The van der Waals surface area contributed by atoms with Gasteiger partial charge in [0.05, 0.1) is 3.57 Å². The second-order valence-corrected chi connectivity index (χ2v) is 4.45. The Morgan fingerprint density at radius 1 is 1.38 bits per heavy atom. The van der Waals surface area contributed by atoms with Crippen LogP contribution in [0, 0.1) is 10.5 Å². The van der Waals surface area contributed by atoms with E-state index in [4.69, 9.17) is 0 Å². The summed E-state index contributed by atoms with van der Waals surface area (Å²) in [4.78, 5) is 0. The summed E-state index contributed by atoms with van der Waals surface area (Å²) in [6, 6.07) is 4.87. The molecule has 0 aliphatic carbocycles. The second kappa shape index (κ2) is 5.20. The maximum atomic E-state index is 12.6. The van der Waals surface area contributed by atoms with E-state index in [1.165, 1.54) is 6.07 Å². The number of hydrogen-bond donors (Lipinski definition) is 0. The molecule has 0 aliphatic heterocycles. The van der Waals surface area contributed by atoms with Gasteiger partial charge in [-0.3, -0.25) is 0 Å². The van der Waals surface area contributed by atoms with Gasteiger partial charge in [-0.1, -0.05) is 6.07 Å². The summed E-state index contributed by atoms with van der Waals surface area (Å²) in [6.07, 6.45) is -3.71. The van der Waals surface area contributed by atoms with E-state index in [0.29, 0.717) is 3.57 Å². The normalized spacial score (nSPS) is 11.9. The fourth-order valence-corrected chi connectivity index (χ4v) is 1.79. The quantitative estimate of drug-likeness (QED) is 0.593. The molecule has 0 fully saturated rings. The van der Waals surface area contributed by atoms with Crippen LogP contribution in [0.5, 0.6) is 5.75 Å². The van der Waals surface area contributed by atoms with Gasteiger partial charge in [0, 0.05) is 0 Å². The van der Waals surface area contributed by atoms with E-state index in [1.807, 2.05) is 29.5 Å². The van der Waals surface area contributed by atoms with Crippen molar-refractivity contribution in [2.45, 2.75) is 19.3 Å². The lowest BCUT2D eigenvalue weighted by atomic mass is 10.2. The van der Waals surface area contributed by atoms with Gasteiger partial charge in [-0.2, -0.15) is 8.78 Å². The average Bonchev–Trinajstić information content (AvgIpc) is 2.16. The molecule has 6 heteroatoms. The maximum Gasteiger partial charge on any atom is 0.340 e. The van der Waals surface area contributed by atoms with Crippen LogP contribution < -0.4 is 4.74 Å². The summed E-state index contributed by atoms with van der Waals surface area (Å²) in [5, 5.41) is 0. The largest absolute Gasteiger partial charge is 0.486 e. The Bertz CT molecular complexity index is 368. The first-order chi connectivity index (χ1) is 7.33. The lowest BCUT2D eigenvalue weighted by molar-refractivity contribution is -0.148. The summed E-state index contributed by atoms with van der Waals surface area (Å²) in [5.74, 6) is -3.93. The van der Waals surface area contributed by atoms with Crippen molar-refractivity contribution < 1.29 is 22.3 Å². The summed E-state index contributed by atoms with van der Waals surface area (Å²) in [5.41, 5.74) is 0.942. The molecule has 0 radical (unpaired) electrons. The van der Waals surface area contributed by atoms with Crippen molar-refractivity contribution in [3.8, 4) is 5.75 Å². The SMILES string of the molecule is Cc1ccc(OCC(F)(F)C(F)F)c(I)c1. The minimum Gasteiger partial charge on any atom is -0.486 e. The zero-order chi connectivity index (χ0) is 12.3. The van der Waals surface area contributed by atoms with Crippen molar-refractivity contribution in [3.05, 3.63) is 27.3 Å². The highest BCUT2D eigenvalue weighted by molar-refractivity contribution is 14.1. The molecule has 0 amide bonds. The number of rotatable bonds is 4. The van der Waals surface area contributed by atoms with Crippen molar-refractivity contribution in [2.75, 3.05) is 6.61 Å². The van der Waals surface area contributed by atoms with Crippen molar-refractivity contribution in [1.29, 1.82) is 0 Å². The fraction of sp³-hybridized carbons (Fsp3) is 0.400. The fourth-order valence-electron chi connectivity index (χ4n) is 0.960. The van der Waals surface area contributed by atoms with Gasteiger partial charge in [0.15, 0.2) is 6.61 Å². The molecule has 0 aromatic heterocycles. The molecule has 0 aliphatic rings. The molecule has 0 bridgehead atoms. The predicted octanol–water partition coefficient (Wildman–Crippen LogP) is 3.88. The summed E-state index contributed by atoms with van der Waals surface area (Å²) in [7, 11) is 0. The highest BCUT2D eigenvalue weighted by Gasteiger charge is 2.41. The predicted molar refractivity (Wildman–Crippen MR) is 60.3 cm³/mol. The van der Waals surface area contributed by atoms with Crippen molar-refractivity contribution >= 4 is 22.6 Å². The Hall–Kier alpha value is -0.530. The Labute approximate surface area is 104 Å². The summed E-state index contributed by atoms with van der Waals surface area (Å²) >= 11 is 1.90. The third-order valence-electron chi connectivity index (χ3n) is 1.83. The van der Waals surface area contributed by atoms with E-state index in [1.54, 1.807) is 12.1 Å². The number of benzene rings is 1. The van der Waals surface area contributed by atoms with Gasteiger partial charge in [0.2, 0.25) is 0 Å². The summed E-state index contributed by atoms with van der Waals surface area (Å²) in [6.45, 7) is 0.517. The van der Waals surface area contributed by atoms with Crippen molar-refractivity contribution in [3.63, 3.8) is 0 Å². The van der Waals surface area contributed by atoms with Gasteiger partial charge in [-0.05, 0) is 47.2 Å². The molecular weight excluding hydrogens is 339 g/mol. The third-order valence-corrected chi connectivity index (χ3v) is 2.67. The van der Waals surface area contributed by atoms with Crippen LogP contribution in [0.15, 0.2) is 18.2 Å². The monoisotopic (exact) mass is 348 g/mol. The Morgan fingerprint density at radius 2 is 2.00 bits per heavy atom. The van der Waals surface area contributed by atoms with Gasteiger partial charge >= 0.3 is 12.3 Å².